The number of benzene rings is 4. The number of aryl methyl sites for hydroxylation is 1. The second-order valence-electron chi connectivity index (χ2n) is 10.5. The van der Waals surface area contributed by atoms with Crippen molar-refractivity contribution in [1.29, 1.82) is 0 Å². The van der Waals surface area contributed by atoms with Crippen LogP contribution in [-0.2, 0) is 30.8 Å². The van der Waals surface area contributed by atoms with Crippen molar-refractivity contribution < 1.29 is 27.6 Å². The molecule has 9 nitrogen and oxygen atoms in total. The van der Waals surface area contributed by atoms with E-state index in [1.54, 1.807) is 67.6 Å². The Morgan fingerprint density at radius 2 is 1.48 bits per heavy atom. The molecule has 234 valence electrons. The van der Waals surface area contributed by atoms with E-state index >= 15 is 0 Å². The largest absolute Gasteiger partial charge is 0.342 e. The molecule has 1 atom stereocenters. The summed E-state index contributed by atoms with van der Waals surface area (Å²) in [6.07, 6.45) is 1.53. The highest BCUT2D eigenvalue weighted by molar-refractivity contribution is 8.18. The zero-order valence-electron chi connectivity index (χ0n) is 24.5. The number of halogens is 1. The number of carbonyl (C=O) groups is 4. The summed E-state index contributed by atoms with van der Waals surface area (Å²) in [5.74, 6) is -2.42. The van der Waals surface area contributed by atoms with Crippen molar-refractivity contribution in [3.63, 3.8) is 0 Å². The van der Waals surface area contributed by atoms with Gasteiger partial charge in [-0.1, -0.05) is 96.0 Å². The Hall–Kier alpha value is -4.71. The molecule has 0 spiro atoms. The van der Waals surface area contributed by atoms with Crippen molar-refractivity contribution in [3.05, 3.63) is 130 Å². The van der Waals surface area contributed by atoms with Gasteiger partial charge in [0, 0.05) is 11.4 Å². The molecule has 1 saturated heterocycles. The van der Waals surface area contributed by atoms with Gasteiger partial charge in [-0.2, -0.15) is 0 Å². The van der Waals surface area contributed by atoms with Crippen LogP contribution in [0.25, 0.3) is 17.2 Å². The molecule has 4 aromatic rings. The van der Waals surface area contributed by atoms with Crippen LogP contribution in [0.2, 0.25) is 5.02 Å². The molecule has 0 unspecified atom stereocenters. The average Bonchev–Trinajstić information content (AvgIpc) is 3.29. The zero-order valence-corrected chi connectivity index (χ0v) is 26.9. The molecule has 1 aliphatic heterocycles. The summed E-state index contributed by atoms with van der Waals surface area (Å²) >= 11 is 6.67. The topological polar surface area (TPSA) is 130 Å². The maximum atomic E-state index is 13.2. The number of amides is 4. The van der Waals surface area contributed by atoms with E-state index in [0.717, 1.165) is 21.6 Å². The molecule has 4 aromatic carbocycles. The van der Waals surface area contributed by atoms with Crippen molar-refractivity contribution in [2.75, 3.05) is 6.54 Å². The first-order valence-corrected chi connectivity index (χ1v) is 16.7. The van der Waals surface area contributed by atoms with Gasteiger partial charge >= 0.3 is 0 Å². The van der Waals surface area contributed by atoms with Crippen LogP contribution in [0.5, 0.6) is 0 Å². The summed E-state index contributed by atoms with van der Waals surface area (Å²) in [5, 5.41) is 2.49. The van der Waals surface area contributed by atoms with Gasteiger partial charge in [0.1, 0.15) is 12.6 Å². The fourth-order valence-corrected chi connectivity index (χ4v) is 6.61. The van der Waals surface area contributed by atoms with Gasteiger partial charge in [0.15, 0.2) is 0 Å². The number of thioether (sulfide) groups is 1. The van der Waals surface area contributed by atoms with Crippen molar-refractivity contribution >= 4 is 62.4 Å². The van der Waals surface area contributed by atoms with Gasteiger partial charge in [0.25, 0.3) is 27.1 Å². The Balaban J connectivity index is 1.27. The van der Waals surface area contributed by atoms with Crippen LogP contribution >= 0.6 is 23.4 Å². The molecule has 4 amide bonds. The van der Waals surface area contributed by atoms with Crippen LogP contribution in [0.15, 0.2) is 113 Å². The summed E-state index contributed by atoms with van der Waals surface area (Å²) in [6, 6.07) is 28.1. The standard InChI is InChI=1S/C34H28ClN3O6S2/c1-22-7-17-28(18-8-22)46(43,44)37-32(40)29(19-23-5-3-2-4-6-23)36-31(39)21-38-33(41)30(45-34(38)42)20-24-9-11-25(12-10-24)26-13-15-27(35)16-14-26/h2-18,20,29H,19,21H2,1H3,(H,36,39)(H,37,40)/t29-/m0/s1. The Bertz CT molecular complexity index is 1910. The Morgan fingerprint density at radius 1 is 0.870 bits per heavy atom. The maximum absolute atomic E-state index is 13.2. The van der Waals surface area contributed by atoms with Gasteiger partial charge in [-0.25, -0.2) is 13.1 Å². The zero-order chi connectivity index (χ0) is 32.8. The fourth-order valence-electron chi connectivity index (χ4n) is 4.62. The highest BCUT2D eigenvalue weighted by atomic mass is 35.5. The van der Waals surface area contributed by atoms with E-state index in [0.29, 0.717) is 27.9 Å². The molecule has 46 heavy (non-hydrogen) atoms. The monoisotopic (exact) mass is 673 g/mol. The molecule has 0 saturated carbocycles. The molecule has 2 N–H and O–H groups in total. The smallest absolute Gasteiger partial charge is 0.294 e. The molecule has 0 aliphatic carbocycles. The molecule has 0 aromatic heterocycles. The summed E-state index contributed by atoms with van der Waals surface area (Å²) < 4.78 is 27.8. The number of nitrogens with zero attached hydrogens (tertiary/aromatic N) is 1. The summed E-state index contributed by atoms with van der Waals surface area (Å²) in [4.78, 5) is 53.0. The van der Waals surface area contributed by atoms with Gasteiger partial charge < -0.3 is 5.32 Å². The van der Waals surface area contributed by atoms with E-state index < -0.39 is 45.6 Å². The Morgan fingerprint density at radius 3 is 2.11 bits per heavy atom. The lowest BCUT2D eigenvalue weighted by Gasteiger charge is -2.20. The van der Waals surface area contributed by atoms with E-state index in [2.05, 4.69) is 5.32 Å². The number of carbonyl (C=O) groups excluding carboxylic acids is 4. The van der Waals surface area contributed by atoms with Crippen LogP contribution in [0, 0.1) is 6.92 Å². The summed E-state index contributed by atoms with van der Waals surface area (Å²) in [7, 11) is -4.23. The number of nitrogens with one attached hydrogen (secondary N) is 2. The Labute approximate surface area is 275 Å². The van der Waals surface area contributed by atoms with E-state index in [9.17, 15) is 27.6 Å². The number of sulfonamides is 1. The molecule has 0 radical (unpaired) electrons. The third-order valence-corrected chi connectivity index (χ3v) is 9.58. The molecular formula is C34H28ClN3O6S2. The highest BCUT2D eigenvalue weighted by Gasteiger charge is 2.37. The van der Waals surface area contributed by atoms with Gasteiger partial charge in [0.2, 0.25) is 5.91 Å². The first-order chi connectivity index (χ1) is 22.0. The maximum Gasteiger partial charge on any atom is 0.294 e. The normalized spacial score (nSPS) is 14.7. The highest BCUT2D eigenvalue weighted by Crippen LogP contribution is 2.32. The molecule has 5 rings (SSSR count). The SMILES string of the molecule is Cc1ccc(S(=O)(=O)NC(=O)[C@H](Cc2ccccc2)NC(=O)CN2C(=O)SC(=Cc3ccc(-c4ccc(Cl)cc4)cc3)C2=O)cc1. The first kappa shape index (κ1) is 32.7. The van der Waals surface area contributed by atoms with Gasteiger partial charge in [-0.05, 0) is 71.3 Å². The average molecular weight is 674 g/mol. The van der Waals surface area contributed by atoms with Crippen LogP contribution in [-0.4, -0.2) is 48.9 Å². The molecule has 1 fully saturated rings. The third-order valence-electron chi connectivity index (χ3n) is 7.06. The molecule has 1 aliphatic rings. The lowest BCUT2D eigenvalue weighted by atomic mass is 10.0. The van der Waals surface area contributed by atoms with Crippen molar-refractivity contribution in [1.82, 2.24) is 14.9 Å². The minimum absolute atomic E-state index is 0.0321. The van der Waals surface area contributed by atoms with Crippen LogP contribution in [0.3, 0.4) is 0 Å². The Kier molecular flexibility index (Phi) is 10.1. The van der Waals surface area contributed by atoms with E-state index in [1.165, 1.54) is 12.1 Å². The first-order valence-electron chi connectivity index (χ1n) is 14.1. The van der Waals surface area contributed by atoms with Crippen LogP contribution in [0.1, 0.15) is 16.7 Å². The number of hydrogen-bond donors (Lipinski definition) is 2. The van der Waals surface area contributed by atoms with E-state index in [-0.39, 0.29) is 16.2 Å². The summed E-state index contributed by atoms with van der Waals surface area (Å²) in [6.45, 7) is 1.15. The molecule has 0 bridgehead atoms. The molecule has 12 heteroatoms. The predicted octanol–water partition coefficient (Wildman–Crippen LogP) is 5.58. The number of imide groups is 1. The van der Waals surface area contributed by atoms with Crippen LogP contribution in [0.4, 0.5) is 4.79 Å². The van der Waals surface area contributed by atoms with Crippen molar-refractivity contribution in [2.45, 2.75) is 24.3 Å². The number of rotatable bonds is 10. The van der Waals surface area contributed by atoms with E-state index in [4.69, 9.17) is 11.6 Å². The summed E-state index contributed by atoms with van der Waals surface area (Å²) in [5.41, 5.74) is 4.09. The fraction of sp³-hybridized carbons (Fsp3) is 0.118. The van der Waals surface area contributed by atoms with Gasteiger partial charge in [0.05, 0.1) is 9.80 Å². The number of hydrogen-bond acceptors (Lipinski definition) is 7. The lowest BCUT2D eigenvalue weighted by molar-refractivity contribution is -0.131. The van der Waals surface area contributed by atoms with Gasteiger partial charge in [-0.3, -0.25) is 24.1 Å². The van der Waals surface area contributed by atoms with Crippen molar-refractivity contribution in [2.24, 2.45) is 0 Å². The van der Waals surface area contributed by atoms with Crippen molar-refractivity contribution in [3.8, 4) is 11.1 Å². The van der Waals surface area contributed by atoms with Crippen LogP contribution < -0.4 is 10.0 Å². The third kappa shape index (κ3) is 8.11. The second kappa shape index (κ2) is 14.2. The van der Waals surface area contributed by atoms with Gasteiger partial charge in [-0.15, -0.1) is 0 Å². The quantitative estimate of drug-likeness (QED) is 0.210. The minimum atomic E-state index is -4.23. The van der Waals surface area contributed by atoms with E-state index in [1.807, 2.05) is 41.1 Å². The molecule has 1 heterocycles. The molecular weight excluding hydrogens is 646 g/mol. The second-order valence-corrected chi connectivity index (χ2v) is 13.6. The predicted molar refractivity (Wildman–Crippen MR) is 178 cm³/mol. The minimum Gasteiger partial charge on any atom is -0.342 e. The lowest BCUT2D eigenvalue weighted by Crippen LogP contribution is -2.52.